The Morgan fingerprint density at radius 3 is 2.95 bits per heavy atom. The molecule has 108 valence electrons. The van der Waals surface area contributed by atoms with Crippen molar-refractivity contribution in [1.82, 2.24) is 20.2 Å². The van der Waals surface area contributed by atoms with Crippen LogP contribution < -0.4 is 11.3 Å². The summed E-state index contributed by atoms with van der Waals surface area (Å²) in [6.07, 6.45) is 6.79. The lowest BCUT2D eigenvalue weighted by molar-refractivity contribution is 0.598. The van der Waals surface area contributed by atoms with Gasteiger partial charge in [0.1, 0.15) is 0 Å². The number of hydrazine groups is 1. The highest BCUT2D eigenvalue weighted by molar-refractivity contribution is 5.82. The molecule has 1 aromatic carbocycles. The summed E-state index contributed by atoms with van der Waals surface area (Å²) in [5.74, 6) is 5.80. The summed E-state index contributed by atoms with van der Waals surface area (Å²) in [4.78, 5) is 4.40. The predicted molar refractivity (Wildman–Crippen MR) is 83.4 cm³/mol. The quantitative estimate of drug-likeness (QED) is 0.556. The number of hydrogen-bond donors (Lipinski definition) is 2. The highest BCUT2D eigenvalue weighted by Crippen LogP contribution is 2.27. The van der Waals surface area contributed by atoms with Gasteiger partial charge in [-0.1, -0.05) is 25.1 Å². The molecule has 0 aliphatic carbocycles. The zero-order valence-electron chi connectivity index (χ0n) is 12.0. The summed E-state index contributed by atoms with van der Waals surface area (Å²) < 4.78 is 1.95. The monoisotopic (exact) mass is 281 g/mol. The van der Waals surface area contributed by atoms with Gasteiger partial charge >= 0.3 is 0 Å². The average molecular weight is 281 g/mol. The third-order valence-electron chi connectivity index (χ3n) is 3.60. The van der Waals surface area contributed by atoms with Crippen molar-refractivity contribution in [3.63, 3.8) is 0 Å². The maximum absolute atomic E-state index is 5.80. The van der Waals surface area contributed by atoms with Crippen LogP contribution in [0.25, 0.3) is 10.9 Å². The van der Waals surface area contributed by atoms with Crippen molar-refractivity contribution in [1.29, 1.82) is 0 Å². The van der Waals surface area contributed by atoms with Gasteiger partial charge in [-0.3, -0.25) is 15.5 Å². The van der Waals surface area contributed by atoms with E-state index >= 15 is 0 Å². The molecule has 0 spiro atoms. The standard InChI is InChI=1S/C16H19N5/c1-2-9-21-11-12(10-19-21)16(20-17)14-7-8-18-15-6-4-3-5-13(14)15/h3-8,10-11,16,20H,2,9,17H2,1H3. The summed E-state index contributed by atoms with van der Waals surface area (Å²) in [5, 5.41) is 5.49. The van der Waals surface area contributed by atoms with E-state index in [1.54, 1.807) is 0 Å². The van der Waals surface area contributed by atoms with Crippen LogP contribution in [0.3, 0.4) is 0 Å². The number of hydrogen-bond acceptors (Lipinski definition) is 4. The van der Waals surface area contributed by atoms with E-state index < -0.39 is 0 Å². The van der Waals surface area contributed by atoms with Crippen LogP contribution in [0.1, 0.15) is 30.5 Å². The number of fused-ring (bicyclic) bond motifs is 1. The van der Waals surface area contributed by atoms with Crippen molar-refractivity contribution in [3.8, 4) is 0 Å². The molecule has 2 aromatic heterocycles. The van der Waals surface area contributed by atoms with E-state index in [0.29, 0.717) is 0 Å². The first-order valence-corrected chi connectivity index (χ1v) is 7.15. The molecule has 1 atom stereocenters. The molecule has 0 saturated heterocycles. The van der Waals surface area contributed by atoms with Gasteiger partial charge in [-0.15, -0.1) is 0 Å². The third-order valence-corrected chi connectivity index (χ3v) is 3.60. The maximum Gasteiger partial charge on any atom is 0.0747 e. The van der Waals surface area contributed by atoms with Gasteiger partial charge in [-0.2, -0.15) is 5.10 Å². The summed E-state index contributed by atoms with van der Waals surface area (Å²) in [6, 6.07) is 9.99. The molecule has 5 nitrogen and oxygen atoms in total. The molecule has 0 saturated carbocycles. The molecular weight excluding hydrogens is 262 g/mol. The molecule has 21 heavy (non-hydrogen) atoms. The second-order valence-electron chi connectivity index (χ2n) is 5.05. The van der Waals surface area contributed by atoms with E-state index in [1.807, 2.05) is 47.5 Å². The number of para-hydroxylation sites is 1. The fraction of sp³-hybridized carbons (Fsp3) is 0.250. The molecule has 3 aromatic rings. The zero-order chi connectivity index (χ0) is 14.7. The Bertz CT molecular complexity index is 729. The van der Waals surface area contributed by atoms with Crippen LogP contribution >= 0.6 is 0 Å². The summed E-state index contributed by atoms with van der Waals surface area (Å²) >= 11 is 0. The lowest BCUT2D eigenvalue weighted by atomic mass is 9.98. The van der Waals surface area contributed by atoms with Crippen molar-refractivity contribution >= 4 is 10.9 Å². The Morgan fingerprint density at radius 2 is 2.14 bits per heavy atom. The fourth-order valence-corrected chi connectivity index (χ4v) is 2.62. The number of pyridine rings is 1. The van der Waals surface area contributed by atoms with E-state index in [1.165, 1.54) is 0 Å². The Kier molecular flexibility index (Phi) is 3.94. The van der Waals surface area contributed by atoms with Crippen LogP contribution in [0, 0.1) is 0 Å². The van der Waals surface area contributed by atoms with Crippen molar-refractivity contribution in [2.75, 3.05) is 0 Å². The van der Waals surface area contributed by atoms with Crippen molar-refractivity contribution in [3.05, 3.63) is 60.0 Å². The van der Waals surface area contributed by atoms with Gasteiger partial charge in [0.25, 0.3) is 0 Å². The largest absolute Gasteiger partial charge is 0.272 e. The first kappa shape index (κ1) is 13.7. The normalized spacial score (nSPS) is 12.7. The molecule has 0 radical (unpaired) electrons. The number of benzene rings is 1. The average Bonchev–Trinajstić information content (AvgIpc) is 2.97. The SMILES string of the molecule is CCCn1cc(C(NN)c2ccnc3ccccc23)cn1. The smallest absolute Gasteiger partial charge is 0.0747 e. The molecule has 0 fully saturated rings. The minimum absolute atomic E-state index is 0.0940. The van der Waals surface area contributed by atoms with E-state index in [9.17, 15) is 0 Å². The van der Waals surface area contributed by atoms with E-state index in [-0.39, 0.29) is 6.04 Å². The number of nitrogens with two attached hydrogens (primary N) is 1. The van der Waals surface area contributed by atoms with Crippen LogP contribution in [0.2, 0.25) is 0 Å². The Morgan fingerprint density at radius 1 is 1.29 bits per heavy atom. The Labute approximate surface area is 123 Å². The van der Waals surface area contributed by atoms with Gasteiger partial charge in [0.05, 0.1) is 17.8 Å². The molecule has 0 aliphatic rings. The fourth-order valence-electron chi connectivity index (χ4n) is 2.62. The summed E-state index contributed by atoms with van der Waals surface area (Å²) in [7, 11) is 0. The van der Waals surface area contributed by atoms with Gasteiger partial charge in [0, 0.05) is 29.9 Å². The van der Waals surface area contributed by atoms with E-state index in [2.05, 4.69) is 28.5 Å². The number of aryl methyl sites for hydroxylation is 1. The predicted octanol–water partition coefficient (Wildman–Crippen LogP) is 2.39. The van der Waals surface area contributed by atoms with Gasteiger partial charge in [-0.05, 0) is 24.1 Å². The van der Waals surface area contributed by atoms with Gasteiger partial charge in [-0.25, -0.2) is 5.43 Å². The molecule has 2 heterocycles. The van der Waals surface area contributed by atoms with E-state index in [4.69, 9.17) is 5.84 Å². The van der Waals surface area contributed by atoms with Gasteiger partial charge < -0.3 is 0 Å². The second-order valence-corrected chi connectivity index (χ2v) is 5.05. The first-order chi connectivity index (χ1) is 10.3. The van der Waals surface area contributed by atoms with Gasteiger partial charge in [0.2, 0.25) is 0 Å². The summed E-state index contributed by atoms with van der Waals surface area (Å²) in [5.41, 5.74) is 6.04. The highest BCUT2D eigenvalue weighted by Gasteiger charge is 2.17. The number of nitrogens with one attached hydrogen (secondary N) is 1. The molecule has 1 unspecified atom stereocenters. The molecule has 0 bridgehead atoms. The number of aromatic nitrogens is 3. The van der Waals surface area contributed by atoms with Crippen LogP contribution in [0.4, 0.5) is 0 Å². The molecule has 3 N–H and O–H groups in total. The number of rotatable bonds is 5. The van der Waals surface area contributed by atoms with Crippen molar-refractivity contribution in [2.45, 2.75) is 25.9 Å². The molecular formula is C16H19N5. The first-order valence-electron chi connectivity index (χ1n) is 7.15. The van der Waals surface area contributed by atoms with Crippen LogP contribution in [-0.4, -0.2) is 14.8 Å². The van der Waals surface area contributed by atoms with E-state index in [0.717, 1.165) is 35.0 Å². The zero-order valence-corrected chi connectivity index (χ0v) is 12.0. The van der Waals surface area contributed by atoms with Crippen molar-refractivity contribution < 1.29 is 0 Å². The lowest BCUT2D eigenvalue weighted by Gasteiger charge is -2.16. The van der Waals surface area contributed by atoms with Crippen molar-refractivity contribution in [2.24, 2.45) is 5.84 Å². The molecule has 0 amide bonds. The maximum atomic E-state index is 5.80. The topological polar surface area (TPSA) is 68.8 Å². The third kappa shape index (κ3) is 2.66. The molecule has 3 rings (SSSR count). The van der Waals surface area contributed by atoms with Crippen LogP contribution in [0.5, 0.6) is 0 Å². The Balaban J connectivity index is 2.05. The van der Waals surface area contributed by atoms with Gasteiger partial charge in [0.15, 0.2) is 0 Å². The molecule has 0 aliphatic heterocycles. The summed E-state index contributed by atoms with van der Waals surface area (Å²) in [6.45, 7) is 3.05. The molecule has 5 heteroatoms. The lowest BCUT2D eigenvalue weighted by Crippen LogP contribution is -2.28. The Hall–Kier alpha value is -2.24. The highest BCUT2D eigenvalue weighted by atomic mass is 15.3. The second kappa shape index (κ2) is 6.03. The van der Waals surface area contributed by atoms with Crippen LogP contribution in [-0.2, 0) is 6.54 Å². The number of nitrogens with zero attached hydrogens (tertiary/aromatic N) is 3. The van der Waals surface area contributed by atoms with Crippen LogP contribution in [0.15, 0.2) is 48.9 Å². The minimum Gasteiger partial charge on any atom is -0.272 e. The minimum atomic E-state index is -0.0940.